The number of thiazole rings is 1. The Morgan fingerprint density at radius 3 is 2.73 bits per heavy atom. The lowest BCUT2D eigenvalue weighted by Gasteiger charge is -2.12. The molecule has 0 aliphatic rings. The number of nitro groups is 1. The van der Waals surface area contributed by atoms with Gasteiger partial charge in [-0.05, 0) is 29.8 Å². The highest BCUT2D eigenvalue weighted by Gasteiger charge is 2.16. The Morgan fingerprint density at radius 1 is 1.23 bits per heavy atom. The average molecular weight is 366 g/mol. The van der Waals surface area contributed by atoms with Gasteiger partial charge in [0.05, 0.1) is 20.5 Å². The van der Waals surface area contributed by atoms with Crippen LogP contribution in [-0.4, -0.2) is 28.4 Å². The van der Waals surface area contributed by atoms with E-state index in [-0.39, 0.29) is 11.2 Å². The van der Waals surface area contributed by atoms with Crippen LogP contribution in [0.1, 0.15) is 5.56 Å². The van der Waals surface area contributed by atoms with Gasteiger partial charge in [0.25, 0.3) is 11.2 Å². The summed E-state index contributed by atoms with van der Waals surface area (Å²) in [6.07, 6.45) is 1.67. The first-order valence-corrected chi connectivity index (χ1v) is 8.65. The number of hydrogen-bond acceptors (Lipinski definition) is 6. The third kappa shape index (κ3) is 2.51. The van der Waals surface area contributed by atoms with Crippen molar-refractivity contribution in [3.05, 3.63) is 73.0 Å². The molecule has 0 spiro atoms. The summed E-state index contributed by atoms with van der Waals surface area (Å²) in [5.74, 6) is 0. The number of benzene rings is 2. The van der Waals surface area contributed by atoms with Gasteiger partial charge in [0.2, 0.25) is 0 Å². The number of anilines is 1. The fourth-order valence-corrected chi connectivity index (χ4v) is 3.90. The van der Waals surface area contributed by atoms with Gasteiger partial charge in [0.1, 0.15) is 5.69 Å². The lowest BCUT2D eigenvalue weighted by Crippen LogP contribution is -2.22. The van der Waals surface area contributed by atoms with Crippen molar-refractivity contribution in [1.29, 1.82) is 0 Å². The van der Waals surface area contributed by atoms with E-state index in [1.54, 1.807) is 41.6 Å². The molecular weight excluding hydrogens is 352 g/mol. The zero-order chi connectivity index (χ0) is 18.4. The minimum atomic E-state index is -0.417. The summed E-state index contributed by atoms with van der Waals surface area (Å²) < 4.78 is 2.07. The van der Waals surface area contributed by atoms with Crippen molar-refractivity contribution in [2.24, 2.45) is 0 Å². The normalized spacial score (nSPS) is 12.2. The lowest BCUT2D eigenvalue weighted by atomic mass is 10.1. The van der Waals surface area contributed by atoms with Gasteiger partial charge in [0.15, 0.2) is 4.96 Å². The number of imidazole rings is 1. The Labute approximate surface area is 151 Å². The van der Waals surface area contributed by atoms with E-state index in [4.69, 9.17) is 0 Å². The van der Waals surface area contributed by atoms with E-state index in [0.29, 0.717) is 20.7 Å². The topological polar surface area (TPSA) is 80.8 Å². The number of aromatic nitrogens is 2. The summed E-state index contributed by atoms with van der Waals surface area (Å²) in [5.41, 5.74) is 2.49. The molecule has 26 heavy (non-hydrogen) atoms. The van der Waals surface area contributed by atoms with Crippen molar-refractivity contribution in [2.75, 3.05) is 19.0 Å². The van der Waals surface area contributed by atoms with Crippen molar-refractivity contribution >= 4 is 44.8 Å². The van der Waals surface area contributed by atoms with Gasteiger partial charge in [-0.3, -0.25) is 14.9 Å². The van der Waals surface area contributed by atoms with Crippen LogP contribution < -0.4 is 15.0 Å². The van der Waals surface area contributed by atoms with Gasteiger partial charge in [-0.15, -0.1) is 0 Å². The Hall–Kier alpha value is -3.26. The Morgan fingerprint density at radius 2 is 2.00 bits per heavy atom. The largest absolute Gasteiger partial charge is 0.372 e. The second-order valence-corrected chi connectivity index (χ2v) is 7.04. The van der Waals surface area contributed by atoms with Crippen LogP contribution in [0, 0.1) is 10.1 Å². The summed E-state index contributed by atoms with van der Waals surface area (Å²) in [6.45, 7) is 0. The number of rotatable bonds is 3. The predicted molar refractivity (Wildman–Crippen MR) is 103 cm³/mol. The van der Waals surface area contributed by atoms with E-state index in [9.17, 15) is 14.9 Å². The van der Waals surface area contributed by atoms with Crippen LogP contribution in [0.25, 0.3) is 22.1 Å². The van der Waals surface area contributed by atoms with Crippen LogP contribution in [-0.2, 0) is 0 Å². The van der Waals surface area contributed by atoms with Gasteiger partial charge >= 0.3 is 0 Å². The number of para-hydroxylation sites is 2. The summed E-state index contributed by atoms with van der Waals surface area (Å²) in [7, 11) is 3.50. The van der Waals surface area contributed by atoms with E-state index in [2.05, 4.69) is 4.98 Å². The first kappa shape index (κ1) is 16.2. The van der Waals surface area contributed by atoms with Crippen LogP contribution in [0.15, 0.2) is 47.3 Å². The van der Waals surface area contributed by atoms with Gasteiger partial charge in [0, 0.05) is 20.2 Å². The molecule has 7 nitrogen and oxygen atoms in total. The molecule has 4 aromatic rings. The highest BCUT2D eigenvalue weighted by molar-refractivity contribution is 7.15. The molecule has 0 aliphatic heterocycles. The van der Waals surface area contributed by atoms with Crippen molar-refractivity contribution in [3.8, 4) is 0 Å². The second kappa shape index (κ2) is 5.92. The fraction of sp³-hybridized carbons (Fsp3) is 0.111. The molecule has 0 N–H and O–H groups in total. The molecule has 0 radical (unpaired) electrons. The van der Waals surface area contributed by atoms with Crippen molar-refractivity contribution in [2.45, 2.75) is 0 Å². The van der Waals surface area contributed by atoms with Crippen LogP contribution in [0.3, 0.4) is 0 Å². The molecule has 0 amide bonds. The van der Waals surface area contributed by atoms with Crippen molar-refractivity contribution in [3.63, 3.8) is 0 Å². The van der Waals surface area contributed by atoms with E-state index in [0.717, 1.165) is 11.0 Å². The fourth-order valence-electron chi connectivity index (χ4n) is 2.92. The standard InChI is InChI=1S/C18H14N4O3S/c1-20(2)14-8-7-11(9-15(14)22(24)25)10-16-17(23)21-13-6-4-3-5-12(13)19-18(21)26-16/h3-10H,1-2H3/b16-10-. The lowest BCUT2D eigenvalue weighted by molar-refractivity contribution is -0.384. The molecule has 2 aromatic carbocycles. The van der Waals surface area contributed by atoms with Crippen LogP contribution in [0.5, 0.6) is 0 Å². The van der Waals surface area contributed by atoms with Gasteiger partial charge in [-0.1, -0.05) is 29.5 Å². The molecule has 130 valence electrons. The molecule has 0 unspecified atom stereocenters. The number of hydrogen-bond donors (Lipinski definition) is 0. The molecule has 0 saturated heterocycles. The summed E-state index contributed by atoms with van der Waals surface area (Å²) in [4.78, 5) is 30.4. The molecular formula is C18H14N4O3S. The van der Waals surface area contributed by atoms with Crippen LogP contribution in [0.2, 0.25) is 0 Å². The van der Waals surface area contributed by atoms with Gasteiger partial charge in [-0.2, -0.15) is 0 Å². The van der Waals surface area contributed by atoms with Crippen LogP contribution in [0.4, 0.5) is 11.4 Å². The molecule has 0 saturated carbocycles. The first-order valence-electron chi connectivity index (χ1n) is 7.83. The molecule has 0 aliphatic carbocycles. The van der Waals surface area contributed by atoms with E-state index in [1.807, 2.05) is 24.3 Å². The number of nitrogens with zero attached hydrogens (tertiary/aromatic N) is 4. The summed E-state index contributed by atoms with van der Waals surface area (Å²) in [6, 6.07) is 12.4. The number of nitro benzene ring substituents is 1. The maximum Gasteiger partial charge on any atom is 0.293 e. The molecule has 0 bridgehead atoms. The van der Waals surface area contributed by atoms with Gasteiger partial charge in [-0.25, -0.2) is 9.38 Å². The molecule has 8 heteroatoms. The number of fused-ring (bicyclic) bond motifs is 3. The van der Waals surface area contributed by atoms with Gasteiger partial charge < -0.3 is 4.90 Å². The predicted octanol–water partition coefficient (Wildman–Crippen LogP) is 2.43. The van der Waals surface area contributed by atoms with Crippen molar-refractivity contribution in [1.82, 2.24) is 9.38 Å². The van der Waals surface area contributed by atoms with E-state index >= 15 is 0 Å². The summed E-state index contributed by atoms with van der Waals surface area (Å²) in [5, 5.41) is 11.3. The second-order valence-electron chi connectivity index (χ2n) is 6.03. The SMILES string of the molecule is CN(C)c1ccc(/C=c2\sc3nc4ccccc4n3c2=O)cc1[N+](=O)[O-]. The Balaban J connectivity index is 1.91. The summed E-state index contributed by atoms with van der Waals surface area (Å²) >= 11 is 1.27. The maximum absolute atomic E-state index is 12.8. The highest BCUT2D eigenvalue weighted by atomic mass is 32.1. The molecule has 2 heterocycles. The Bertz CT molecular complexity index is 1270. The monoisotopic (exact) mass is 366 g/mol. The molecule has 0 fully saturated rings. The Kier molecular flexibility index (Phi) is 3.69. The first-order chi connectivity index (χ1) is 12.5. The quantitative estimate of drug-likeness (QED) is 0.411. The smallest absolute Gasteiger partial charge is 0.293 e. The minimum absolute atomic E-state index is 0.00276. The van der Waals surface area contributed by atoms with Crippen LogP contribution >= 0.6 is 11.3 Å². The van der Waals surface area contributed by atoms with E-state index < -0.39 is 4.92 Å². The molecule has 2 aromatic heterocycles. The zero-order valence-corrected chi connectivity index (χ0v) is 14.9. The minimum Gasteiger partial charge on any atom is -0.372 e. The zero-order valence-electron chi connectivity index (χ0n) is 14.0. The molecule has 4 rings (SSSR count). The highest BCUT2D eigenvalue weighted by Crippen LogP contribution is 2.28. The average Bonchev–Trinajstić information content (AvgIpc) is 3.11. The molecule has 0 atom stereocenters. The van der Waals surface area contributed by atoms with E-state index in [1.165, 1.54) is 17.4 Å². The maximum atomic E-state index is 12.8. The third-order valence-electron chi connectivity index (χ3n) is 4.12. The third-order valence-corrected chi connectivity index (χ3v) is 5.09. The van der Waals surface area contributed by atoms with Crippen molar-refractivity contribution < 1.29 is 4.92 Å².